The lowest BCUT2D eigenvalue weighted by atomic mass is 9.81. The van der Waals surface area contributed by atoms with Gasteiger partial charge in [-0.1, -0.05) is 13.3 Å². The first-order valence-corrected chi connectivity index (χ1v) is 8.22. The molecule has 0 aromatic carbocycles. The van der Waals surface area contributed by atoms with Gasteiger partial charge in [-0.05, 0) is 59.2 Å². The topological polar surface area (TPSA) is 24.5 Å². The standard InChI is InChI=1S/C16H32N2O/c1-4-9-17-15(14-8-12-19-13-14)16(2,3)18-10-6-5-7-11-18/h14-15,17H,4-13H2,1-3H3. The molecule has 2 saturated heterocycles. The van der Waals surface area contributed by atoms with Gasteiger partial charge in [0, 0.05) is 24.1 Å². The SMILES string of the molecule is CCCNC(C1CCOC1)C(C)(C)N1CCCCC1. The summed E-state index contributed by atoms with van der Waals surface area (Å²) in [5.74, 6) is 0.684. The Morgan fingerprint density at radius 1 is 1.26 bits per heavy atom. The Morgan fingerprint density at radius 2 is 2.00 bits per heavy atom. The van der Waals surface area contributed by atoms with Crippen LogP contribution < -0.4 is 5.32 Å². The zero-order valence-electron chi connectivity index (χ0n) is 13.1. The minimum absolute atomic E-state index is 0.244. The van der Waals surface area contributed by atoms with Gasteiger partial charge in [0.2, 0.25) is 0 Å². The number of nitrogens with zero attached hydrogens (tertiary/aromatic N) is 1. The minimum atomic E-state index is 0.244. The maximum absolute atomic E-state index is 5.64. The summed E-state index contributed by atoms with van der Waals surface area (Å²) < 4.78 is 5.64. The van der Waals surface area contributed by atoms with Crippen molar-refractivity contribution in [2.24, 2.45) is 5.92 Å². The third-order valence-corrected chi connectivity index (χ3v) is 4.98. The summed E-state index contributed by atoms with van der Waals surface area (Å²) in [6.45, 7) is 12.7. The van der Waals surface area contributed by atoms with E-state index in [4.69, 9.17) is 4.74 Å². The Morgan fingerprint density at radius 3 is 2.58 bits per heavy atom. The molecule has 1 N–H and O–H groups in total. The van der Waals surface area contributed by atoms with Crippen molar-refractivity contribution in [3.8, 4) is 0 Å². The van der Waals surface area contributed by atoms with Crippen molar-refractivity contribution in [3.63, 3.8) is 0 Å². The largest absolute Gasteiger partial charge is 0.381 e. The molecule has 2 atom stereocenters. The number of hydrogen-bond acceptors (Lipinski definition) is 3. The van der Waals surface area contributed by atoms with Gasteiger partial charge in [0.15, 0.2) is 0 Å². The molecule has 2 rings (SSSR count). The zero-order valence-corrected chi connectivity index (χ0v) is 13.1. The molecule has 112 valence electrons. The average Bonchev–Trinajstić information content (AvgIpc) is 2.94. The molecule has 3 nitrogen and oxygen atoms in total. The van der Waals surface area contributed by atoms with E-state index in [-0.39, 0.29) is 5.54 Å². The van der Waals surface area contributed by atoms with Crippen LogP contribution in [0.4, 0.5) is 0 Å². The fraction of sp³-hybridized carbons (Fsp3) is 1.00. The molecule has 0 amide bonds. The molecule has 0 aliphatic carbocycles. The summed E-state index contributed by atoms with van der Waals surface area (Å²) >= 11 is 0. The fourth-order valence-electron chi connectivity index (χ4n) is 3.78. The monoisotopic (exact) mass is 268 g/mol. The number of hydrogen-bond donors (Lipinski definition) is 1. The lowest BCUT2D eigenvalue weighted by molar-refractivity contribution is 0.0369. The van der Waals surface area contributed by atoms with Crippen LogP contribution in [0.5, 0.6) is 0 Å². The molecule has 0 saturated carbocycles. The van der Waals surface area contributed by atoms with Crippen LogP contribution in [0.25, 0.3) is 0 Å². The van der Waals surface area contributed by atoms with E-state index in [2.05, 4.69) is 31.0 Å². The zero-order chi connectivity index (χ0) is 13.7. The summed E-state index contributed by atoms with van der Waals surface area (Å²) in [6.07, 6.45) is 6.57. The summed E-state index contributed by atoms with van der Waals surface area (Å²) in [5.41, 5.74) is 0.244. The number of rotatable bonds is 6. The average molecular weight is 268 g/mol. The minimum Gasteiger partial charge on any atom is -0.381 e. The molecule has 0 radical (unpaired) electrons. The van der Waals surface area contributed by atoms with Gasteiger partial charge in [0.1, 0.15) is 0 Å². The maximum atomic E-state index is 5.64. The second-order valence-corrected chi connectivity index (χ2v) is 6.76. The highest BCUT2D eigenvalue weighted by atomic mass is 16.5. The molecule has 0 spiro atoms. The maximum Gasteiger partial charge on any atom is 0.0510 e. The normalized spacial score (nSPS) is 27.6. The van der Waals surface area contributed by atoms with Crippen LogP contribution in [0.1, 0.15) is 52.9 Å². The molecule has 0 bridgehead atoms. The first-order chi connectivity index (χ1) is 9.16. The molecule has 2 fully saturated rings. The van der Waals surface area contributed by atoms with Crippen molar-refractivity contribution in [1.29, 1.82) is 0 Å². The van der Waals surface area contributed by atoms with E-state index in [1.807, 2.05) is 0 Å². The molecular formula is C16H32N2O. The summed E-state index contributed by atoms with van der Waals surface area (Å²) in [4.78, 5) is 2.71. The molecule has 0 aromatic rings. The molecule has 2 heterocycles. The van der Waals surface area contributed by atoms with Crippen LogP contribution in [0, 0.1) is 5.92 Å². The van der Waals surface area contributed by atoms with Gasteiger partial charge in [-0.3, -0.25) is 4.90 Å². The first-order valence-electron chi connectivity index (χ1n) is 8.22. The lowest BCUT2D eigenvalue weighted by Gasteiger charge is -2.48. The lowest BCUT2D eigenvalue weighted by Crippen LogP contribution is -2.61. The summed E-state index contributed by atoms with van der Waals surface area (Å²) in [6, 6.07) is 0.563. The number of likely N-dealkylation sites (tertiary alicyclic amines) is 1. The van der Waals surface area contributed by atoms with Crippen LogP contribution in [0.3, 0.4) is 0 Å². The Hall–Kier alpha value is -0.120. The number of ether oxygens (including phenoxy) is 1. The Kier molecular flexibility index (Phi) is 5.67. The Labute approximate surface area is 119 Å². The van der Waals surface area contributed by atoms with Gasteiger partial charge in [0.25, 0.3) is 0 Å². The van der Waals surface area contributed by atoms with Gasteiger partial charge < -0.3 is 10.1 Å². The van der Waals surface area contributed by atoms with Crippen molar-refractivity contribution in [3.05, 3.63) is 0 Å². The predicted octanol–water partition coefficient (Wildman–Crippen LogP) is 2.66. The van der Waals surface area contributed by atoms with Crippen molar-refractivity contribution in [1.82, 2.24) is 10.2 Å². The van der Waals surface area contributed by atoms with Crippen molar-refractivity contribution in [2.45, 2.75) is 64.5 Å². The molecule has 2 aliphatic heterocycles. The van der Waals surface area contributed by atoms with Crippen LogP contribution >= 0.6 is 0 Å². The van der Waals surface area contributed by atoms with E-state index < -0.39 is 0 Å². The quantitative estimate of drug-likeness (QED) is 0.801. The van der Waals surface area contributed by atoms with Gasteiger partial charge in [0.05, 0.1) is 6.61 Å². The first kappa shape index (κ1) is 15.3. The van der Waals surface area contributed by atoms with E-state index in [0.29, 0.717) is 12.0 Å². The van der Waals surface area contributed by atoms with E-state index in [9.17, 15) is 0 Å². The Bertz CT molecular complexity index is 255. The predicted molar refractivity (Wildman–Crippen MR) is 80.5 cm³/mol. The smallest absolute Gasteiger partial charge is 0.0510 e. The highest BCUT2D eigenvalue weighted by Gasteiger charge is 2.41. The molecule has 2 unspecified atom stereocenters. The second kappa shape index (κ2) is 7.05. The highest BCUT2D eigenvalue weighted by molar-refractivity contribution is 4.98. The van der Waals surface area contributed by atoms with Crippen LogP contribution in [-0.4, -0.2) is 49.3 Å². The molecule has 0 aromatic heterocycles. The van der Waals surface area contributed by atoms with Crippen LogP contribution in [-0.2, 0) is 4.74 Å². The van der Waals surface area contributed by atoms with Gasteiger partial charge in [-0.2, -0.15) is 0 Å². The van der Waals surface area contributed by atoms with E-state index >= 15 is 0 Å². The van der Waals surface area contributed by atoms with E-state index in [1.165, 1.54) is 45.2 Å². The summed E-state index contributed by atoms with van der Waals surface area (Å²) in [5, 5.41) is 3.83. The second-order valence-electron chi connectivity index (χ2n) is 6.76. The molecule has 3 heteroatoms. The van der Waals surface area contributed by atoms with Gasteiger partial charge in [-0.25, -0.2) is 0 Å². The van der Waals surface area contributed by atoms with Crippen molar-refractivity contribution < 1.29 is 4.74 Å². The van der Waals surface area contributed by atoms with Crippen molar-refractivity contribution in [2.75, 3.05) is 32.8 Å². The van der Waals surface area contributed by atoms with Crippen molar-refractivity contribution >= 4 is 0 Å². The fourth-order valence-corrected chi connectivity index (χ4v) is 3.78. The highest BCUT2D eigenvalue weighted by Crippen LogP contribution is 2.31. The van der Waals surface area contributed by atoms with Gasteiger partial charge in [-0.15, -0.1) is 0 Å². The van der Waals surface area contributed by atoms with Gasteiger partial charge >= 0.3 is 0 Å². The van der Waals surface area contributed by atoms with E-state index in [0.717, 1.165) is 19.8 Å². The number of nitrogens with one attached hydrogen (secondary N) is 1. The third kappa shape index (κ3) is 3.71. The molecular weight excluding hydrogens is 236 g/mol. The van der Waals surface area contributed by atoms with Crippen LogP contribution in [0.2, 0.25) is 0 Å². The summed E-state index contributed by atoms with van der Waals surface area (Å²) in [7, 11) is 0. The molecule has 19 heavy (non-hydrogen) atoms. The molecule has 2 aliphatic rings. The third-order valence-electron chi connectivity index (χ3n) is 4.98. The number of piperidine rings is 1. The van der Waals surface area contributed by atoms with E-state index in [1.54, 1.807) is 0 Å². The Balaban J connectivity index is 2.04. The van der Waals surface area contributed by atoms with Crippen LogP contribution in [0.15, 0.2) is 0 Å².